The number of carbonyl (C=O) groups is 1. The van der Waals surface area contributed by atoms with Crippen molar-refractivity contribution in [2.45, 2.75) is 0 Å². The fourth-order valence-electron chi connectivity index (χ4n) is 2.17. The van der Waals surface area contributed by atoms with Crippen LogP contribution in [-0.4, -0.2) is 61.9 Å². The smallest absolute Gasteiger partial charge is 0.276 e. The third-order valence-electron chi connectivity index (χ3n) is 3.22. The van der Waals surface area contributed by atoms with E-state index in [1.807, 2.05) is 0 Å². The summed E-state index contributed by atoms with van der Waals surface area (Å²) >= 11 is 0. The van der Waals surface area contributed by atoms with E-state index < -0.39 is 0 Å². The van der Waals surface area contributed by atoms with Gasteiger partial charge >= 0.3 is 0 Å². The highest BCUT2D eigenvalue weighted by atomic mass is 16.2. The van der Waals surface area contributed by atoms with Crippen molar-refractivity contribution in [3.05, 3.63) is 30.4 Å². The van der Waals surface area contributed by atoms with E-state index in [4.69, 9.17) is 0 Å². The van der Waals surface area contributed by atoms with Gasteiger partial charge in [0.2, 0.25) is 5.95 Å². The van der Waals surface area contributed by atoms with E-state index in [0.717, 1.165) is 13.1 Å². The van der Waals surface area contributed by atoms with Crippen LogP contribution in [0, 0.1) is 0 Å². The predicted molar refractivity (Wildman–Crippen MR) is 71.2 cm³/mol. The average Bonchev–Trinajstić information content (AvgIpc) is 2.94. The molecule has 0 radical (unpaired) electrons. The Bertz CT molecular complexity index is 589. The zero-order chi connectivity index (χ0) is 13.9. The second kappa shape index (κ2) is 5.24. The molecule has 8 nitrogen and oxygen atoms in total. The molecule has 3 rings (SSSR count). The largest absolute Gasteiger partial charge is 0.337 e. The van der Waals surface area contributed by atoms with E-state index in [2.05, 4.69) is 25.1 Å². The lowest BCUT2D eigenvalue weighted by atomic mass is 10.3. The summed E-state index contributed by atoms with van der Waals surface area (Å²) in [6.07, 6.45) is 4.94. The molecule has 0 spiro atoms. The van der Waals surface area contributed by atoms with Crippen molar-refractivity contribution in [2.24, 2.45) is 7.05 Å². The van der Waals surface area contributed by atoms with Gasteiger partial charge in [0.15, 0.2) is 5.69 Å². The van der Waals surface area contributed by atoms with Crippen LogP contribution in [0.15, 0.2) is 24.7 Å². The highest BCUT2D eigenvalue weighted by Crippen LogP contribution is 2.11. The Hall–Kier alpha value is -2.51. The Morgan fingerprint density at radius 2 is 1.85 bits per heavy atom. The third kappa shape index (κ3) is 2.44. The zero-order valence-corrected chi connectivity index (χ0v) is 11.2. The van der Waals surface area contributed by atoms with Gasteiger partial charge in [-0.1, -0.05) is 0 Å². The first kappa shape index (κ1) is 12.5. The van der Waals surface area contributed by atoms with Crippen LogP contribution in [0.4, 0.5) is 5.95 Å². The number of piperazine rings is 1. The number of amides is 1. The van der Waals surface area contributed by atoms with Crippen molar-refractivity contribution >= 4 is 11.9 Å². The van der Waals surface area contributed by atoms with Gasteiger partial charge in [-0.05, 0) is 6.07 Å². The molecule has 8 heteroatoms. The first-order chi connectivity index (χ1) is 9.74. The quantitative estimate of drug-likeness (QED) is 0.738. The summed E-state index contributed by atoms with van der Waals surface area (Å²) in [4.78, 5) is 25.9. The van der Waals surface area contributed by atoms with Crippen LogP contribution in [-0.2, 0) is 7.05 Å². The number of hydrogen-bond acceptors (Lipinski definition) is 6. The summed E-state index contributed by atoms with van der Waals surface area (Å²) in [7, 11) is 1.70. The number of anilines is 1. The van der Waals surface area contributed by atoms with Crippen molar-refractivity contribution in [1.29, 1.82) is 0 Å². The lowest BCUT2D eigenvalue weighted by Gasteiger charge is -2.34. The van der Waals surface area contributed by atoms with Crippen molar-refractivity contribution in [1.82, 2.24) is 29.9 Å². The standard InChI is InChI=1S/C12H15N7O/c1-17-15-9-10(16-17)11(20)18-5-7-19(8-6-18)12-13-3-2-4-14-12/h2-4,9H,5-8H2,1H3. The SMILES string of the molecule is Cn1ncc(C(=O)N2CCN(c3ncccn3)CC2)n1. The molecule has 0 bridgehead atoms. The Balaban J connectivity index is 1.63. The van der Waals surface area contributed by atoms with E-state index >= 15 is 0 Å². The van der Waals surface area contributed by atoms with Gasteiger partial charge in [-0.25, -0.2) is 9.97 Å². The molecule has 0 saturated carbocycles. The van der Waals surface area contributed by atoms with Crippen LogP contribution in [0.3, 0.4) is 0 Å². The second-order valence-electron chi connectivity index (χ2n) is 4.55. The fraction of sp³-hybridized carbons (Fsp3) is 0.417. The zero-order valence-electron chi connectivity index (χ0n) is 11.2. The number of aryl methyl sites for hydroxylation is 1. The maximum atomic E-state index is 12.2. The van der Waals surface area contributed by atoms with Crippen LogP contribution in [0.25, 0.3) is 0 Å². The Labute approximate surface area is 116 Å². The molecule has 0 atom stereocenters. The van der Waals surface area contributed by atoms with Crippen LogP contribution in [0.1, 0.15) is 10.5 Å². The highest BCUT2D eigenvalue weighted by molar-refractivity contribution is 5.92. The summed E-state index contributed by atoms with van der Waals surface area (Å²) in [6.45, 7) is 2.70. The van der Waals surface area contributed by atoms with Gasteiger partial charge in [-0.3, -0.25) is 4.79 Å². The number of hydrogen-bond donors (Lipinski definition) is 0. The lowest BCUT2D eigenvalue weighted by Crippen LogP contribution is -2.49. The summed E-state index contributed by atoms with van der Waals surface area (Å²) in [5.41, 5.74) is 0.386. The first-order valence-corrected chi connectivity index (χ1v) is 6.41. The molecule has 2 aromatic rings. The molecule has 104 valence electrons. The van der Waals surface area contributed by atoms with Gasteiger partial charge in [0, 0.05) is 45.6 Å². The number of aromatic nitrogens is 5. The molecule has 1 aliphatic rings. The van der Waals surface area contributed by atoms with Gasteiger partial charge in [-0.2, -0.15) is 9.90 Å². The minimum absolute atomic E-state index is 0.0771. The van der Waals surface area contributed by atoms with E-state index in [-0.39, 0.29) is 5.91 Å². The summed E-state index contributed by atoms with van der Waals surface area (Å²) in [5, 5.41) is 7.96. The molecular weight excluding hydrogens is 258 g/mol. The van der Waals surface area contributed by atoms with Gasteiger partial charge in [-0.15, -0.1) is 5.10 Å². The average molecular weight is 273 g/mol. The van der Waals surface area contributed by atoms with Gasteiger partial charge < -0.3 is 9.80 Å². The normalized spacial score (nSPS) is 15.4. The maximum Gasteiger partial charge on any atom is 0.276 e. The molecule has 0 unspecified atom stereocenters. The van der Waals surface area contributed by atoms with E-state index in [1.165, 1.54) is 11.0 Å². The van der Waals surface area contributed by atoms with E-state index in [1.54, 1.807) is 30.4 Å². The fourth-order valence-corrected chi connectivity index (χ4v) is 2.17. The summed E-state index contributed by atoms with van der Waals surface area (Å²) < 4.78 is 0. The minimum Gasteiger partial charge on any atom is -0.337 e. The molecule has 1 amide bonds. The maximum absolute atomic E-state index is 12.2. The molecule has 1 aliphatic heterocycles. The molecule has 3 heterocycles. The molecule has 0 N–H and O–H groups in total. The number of carbonyl (C=O) groups excluding carboxylic acids is 1. The van der Waals surface area contributed by atoms with E-state index in [0.29, 0.717) is 24.7 Å². The monoisotopic (exact) mass is 273 g/mol. The molecule has 20 heavy (non-hydrogen) atoms. The highest BCUT2D eigenvalue weighted by Gasteiger charge is 2.24. The number of rotatable bonds is 2. The minimum atomic E-state index is -0.0771. The summed E-state index contributed by atoms with van der Waals surface area (Å²) in [5.74, 6) is 0.630. The first-order valence-electron chi connectivity index (χ1n) is 6.41. The van der Waals surface area contributed by atoms with Crippen LogP contribution < -0.4 is 4.90 Å². The molecule has 0 aromatic carbocycles. The third-order valence-corrected chi connectivity index (χ3v) is 3.22. The second-order valence-corrected chi connectivity index (χ2v) is 4.55. The molecule has 1 fully saturated rings. The molecule has 0 aliphatic carbocycles. The van der Waals surface area contributed by atoms with Crippen molar-refractivity contribution in [2.75, 3.05) is 31.1 Å². The van der Waals surface area contributed by atoms with E-state index in [9.17, 15) is 4.79 Å². The topological polar surface area (TPSA) is 80.0 Å². The summed E-state index contributed by atoms with van der Waals surface area (Å²) in [6, 6.07) is 1.79. The van der Waals surface area contributed by atoms with Gasteiger partial charge in [0.25, 0.3) is 5.91 Å². The van der Waals surface area contributed by atoms with Crippen molar-refractivity contribution in [3.63, 3.8) is 0 Å². The lowest BCUT2D eigenvalue weighted by molar-refractivity contribution is 0.0739. The Morgan fingerprint density at radius 1 is 1.15 bits per heavy atom. The van der Waals surface area contributed by atoms with Gasteiger partial charge in [0.05, 0.1) is 6.20 Å². The molecule has 1 saturated heterocycles. The van der Waals surface area contributed by atoms with Gasteiger partial charge in [0.1, 0.15) is 0 Å². The Kier molecular flexibility index (Phi) is 3.28. The van der Waals surface area contributed by atoms with Crippen molar-refractivity contribution < 1.29 is 4.79 Å². The predicted octanol–water partition coefficient (Wildman–Crippen LogP) is -0.433. The molecule has 2 aromatic heterocycles. The van der Waals surface area contributed by atoms with Crippen LogP contribution >= 0.6 is 0 Å². The van der Waals surface area contributed by atoms with Crippen molar-refractivity contribution in [3.8, 4) is 0 Å². The molecular formula is C12H15N7O. The Morgan fingerprint density at radius 3 is 2.45 bits per heavy atom. The van der Waals surface area contributed by atoms with Crippen LogP contribution in [0.5, 0.6) is 0 Å². The number of nitrogens with zero attached hydrogens (tertiary/aromatic N) is 7. The van der Waals surface area contributed by atoms with Crippen LogP contribution in [0.2, 0.25) is 0 Å².